The minimum Gasteiger partial charge on any atom is -0.468 e. The third-order valence-corrected chi connectivity index (χ3v) is 5.85. The Morgan fingerprint density at radius 1 is 1.33 bits per heavy atom. The summed E-state index contributed by atoms with van der Waals surface area (Å²) in [6, 6.07) is 8.39. The van der Waals surface area contributed by atoms with E-state index in [0.29, 0.717) is 0 Å². The Bertz CT molecular complexity index is 805. The average molecular weight is 325 g/mol. The number of carbonyl (C=O) groups is 1. The molecule has 0 aliphatic carbocycles. The highest BCUT2D eigenvalue weighted by atomic mass is 16.5. The molecule has 1 fully saturated rings. The first kappa shape index (κ1) is 15.5. The lowest BCUT2D eigenvalue weighted by Gasteiger charge is -2.33. The van der Waals surface area contributed by atoms with Crippen molar-refractivity contribution in [3.63, 3.8) is 0 Å². The second-order valence-electron chi connectivity index (χ2n) is 7.00. The number of H-pyrrole nitrogens is 1. The number of hydrogen-bond acceptors (Lipinski definition) is 2. The number of quaternary nitrogens is 1. The predicted molar refractivity (Wildman–Crippen MR) is 94.2 cm³/mol. The molecule has 1 aromatic heterocycles. The first-order valence-electron chi connectivity index (χ1n) is 8.89. The summed E-state index contributed by atoms with van der Waals surface area (Å²) >= 11 is 0. The number of hydrogen-bond donors (Lipinski definition) is 2. The lowest BCUT2D eigenvalue weighted by Crippen LogP contribution is -3.13. The van der Waals surface area contributed by atoms with E-state index in [1.807, 2.05) is 6.07 Å². The van der Waals surface area contributed by atoms with Gasteiger partial charge in [0.15, 0.2) is 0 Å². The van der Waals surface area contributed by atoms with Crippen LogP contribution in [0.15, 0.2) is 35.9 Å². The molecule has 5 rings (SSSR count). The molecule has 4 nitrogen and oxygen atoms in total. The van der Waals surface area contributed by atoms with Crippen LogP contribution in [-0.4, -0.2) is 37.7 Å². The molecule has 3 atom stereocenters. The Morgan fingerprint density at radius 2 is 2.17 bits per heavy atom. The van der Waals surface area contributed by atoms with Crippen LogP contribution in [0.5, 0.6) is 0 Å². The van der Waals surface area contributed by atoms with Crippen molar-refractivity contribution in [2.24, 2.45) is 5.92 Å². The molecule has 3 aliphatic rings. The summed E-state index contributed by atoms with van der Waals surface area (Å²) in [6.07, 6.45) is 4.27. The Hall–Kier alpha value is -2.07. The van der Waals surface area contributed by atoms with Crippen molar-refractivity contribution in [1.29, 1.82) is 0 Å². The smallest absolute Gasteiger partial charge is 0.315 e. The Morgan fingerprint density at radius 3 is 2.96 bits per heavy atom. The van der Waals surface area contributed by atoms with E-state index in [0.717, 1.165) is 43.7 Å². The molecule has 0 saturated carbocycles. The van der Waals surface area contributed by atoms with Gasteiger partial charge in [0.25, 0.3) is 0 Å². The van der Waals surface area contributed by atoms with Crippen LogP contribution in [0, 0.1) is 5.92 Å². The fraction of sp³-hybridized carbons (Fsp3) is 0.450. The van der Waals surface area contributed by atoms with E-state index in [-0.39, 0.29) is 17.8 Å². The van der Waals surface area contributed by atoms with E-state index < -0.39 is 0 Å². The van der Waals surface area contributed by atoms with Gasteiger partial charge in [0.1, 0.15) is 5.92 Å². The third kappa shape index (κ3) is 2.37. The number of methoxy groups -OCH3 is 1. The number of esters is 1. The number of para-hydroxylation sites is 1. The maximum Gasteiger partial charge on any atom is 0.315 e. The quantitative estimate of drug-likeness (QED) is 0.621. The first-order chi connectivity index (χ1) is 11.7. The number of ether oxygens (including phenoxy) is 1. The van der Waals surface area contributed by atoms with Crippen LogP contribution >= 0.6 is 0 Å². The number of aromatic nitrogens is 1. The number of aromatic amines is 1. The van der Waals surface area contributed by atoms with Crippen LogP contribution in [0.25, 0.3) is 10.9 Å². The van der Waals surface area contributed by atoms with Gasteiger partial charge in [-0.05, 0) is 24.1 Å². The van der Waals surface area contributed by atoms with Crippen molar-refractivity contribution < 1.29 is 14.4 Å². The van der Waals surface area contributed by atoms with Crippen molar-refractivity contribution in [3.8, 4) is 0 Å². The van der Waals surface area contributed by atoms with Crippen LogP contribution in [0.1, 0.15) is 30.5 Å². The SMILES string of the molecule is C/C=C1/C[NH+]2CCc3c([nH]c4ccccc34)[C@@H](C(=O)OC)[C@H]1CC2. The third-order valence-electron chi connectivity index (χ3n) is 5.85. The zero-order chi connectivity index (χ0) is 16.7. The van der Waals surface area contributed by atoms with Crippen molar-refractivity contribution in [2.75, 3.05) is 26.7 Å². The van der Waals surface area contributed by atoms with Crippen molar-refractivity contribution in [3.05, 3.63) is 47.2 Å². The van der Waals surface area contributed by atoms with Crippen molar-refractivity contribution in [1.82, 2.24) is 4.98 Å². The lowest BCUT2D eigenvalue weighted by molar-refractivity contribution is -0.899. The number of allylic oxidation sites excluding steroid dienone is 1. The van der Waals surface area contributed by atoms with Crippen LogP contribution in [0.3, 0.4) is 0 Å². The summed E-state index contributed by atoms with van der Waals surface area (Å²) in [4.78, 5) is 17.9. The highest BCUT2D eigenvalue weighted by Gasteiger charge is 2.41. The molecule has 2 aromatic rings. The van der Waals surface area contributed by atoms with E-state index in [9.17, 15) is 4.79 Å². The summed E-state index contributed by atoms with van der Waals surface area (Å²) in [6.45, 7) is 5.41. The number of fused-ring (bicyclic) bond motifs is 4. The normalized spacial score (nSPS) is 28.2. The van der Waals surface area contributed by atoms with E-state index in [1.165, 1.54) is 23.6 Å². The molecule has 4 heteroatoms. The molecule has 126 valence electrons. The average Bonchev–Trinajstić information content (AvgIpc) is 3.02. The molecule has 24 heavy (non-hydrogen) atoms. The standard InChI is InChI=1S/C20H24N2O2/c1-3-13-12-22-10-8-14(13)18(20(23)24-2)19-16(9-11-22)15-6-4-5-7-17(15)21-19/h3-7,14,18,21H,8-12H2,1-2H3/p+1/b13-3-/t14-,18-/m0/s1. The van der Waals surface area contributed by atoms with E-state index in [1.54, 1.807) is 4.90 Å². The van der Waals surface area contributed by atoms with Gasteiger partial charge in [0.05, 0.1) is 26.7 Å². The van der Waals surface area contributed by atoms with E-state index >= 15 is 0 Å². The van der Waals surface area contributed by atoms with E-state index in [2.05, 4.69) is 36.2 Å². The minimum atomic E-state index is -0.219. The van der Waals surface area contributed by atoms with Gasteiger partial charge in [0, 0.05) is 35.4 Å². The second kappa shape index (κ2) is 6.10. The molecule has 2 bridgehead atoms. The highest BCUT2D eigenvalue weighted by molar-refractivity contribution is 5.88. The number of nitrogens with one attached hydrogen (secondary N) is 2. The number of rotatable bonds is 1. The molecule has 1 aromatic carbocycles. The summed E-state index contributed by atoms with van der Waals surface area (Å²) in [5.74, 6) is -0.0862. The molecule has 1 saturated heterocycles. The van der Waals surface area contributed by atoms with Gasteiger partial charge >= 0.3 is 5.97 Å². The molecule has 0 spiro atoms. The predicted octanol–water partition coefficient (Wildman–Crippen LogP) is 1.83. The molecular formula is C20H25N2O2+. The van der Waals surface area contributed by atoms with Crippen LogP contribution in [0.4, 0.5) is 0 Å². The van der Waals surface area contributed by atoms with Crippen molar-refractivity contribution in [2.45, 2.75) is 25.7 Å². The minimum absolute atomic E-state index is 0.113. The molecule has 1 unspecified atom stereocenters. The molecule has 2 N–H and O–H groups in total. The van der Waals surface area contributed by atoms with Gasteiger partial charge < -0.3 is 14.6 Å². The zero-order valence-electron chi connectivity index (χ0n) is 14.4. The summed E-state index contributed by atoms with van der Waals surface area (Å²) in [5, 5.41) is 1.25. The monoisotopic (exact) mass is 325 g/mol. The molecule has 3 aliphatic heterocycles. The number of piperidine rings is 1. The van der Waals surface area contributed by atoms with Gasteiger partial charge in [-0.3, -0.25) is 4.79 Å². The van der Waals surface area contributed by atoms with Gasteiger partial charge in [-0.2, -0.15) is 0 Å². The Kier molecular flexibility index (Phi) is 3.93. The molecular weight excluding hydrogens is 300 g/mol. The lowest BCUT2D eigenvalue weighted by atomic mass is 9.78. The summed E-state index contributed by atoms with van der Waals surface area (Å²) < 4.78 is 5.23. The Labute approximate surface area is 142 Å². The maximum atomic E-state index is 12.8. The summed E-state index contributed by atoms with van der Waals surface area (Å²) in [7, 11) is 1.51. The number of carbonyl (C=O) groups excluding carboxylic acids is 1. The molecule has 0 radical (unpaired) electrons. The van der Waals surface area contributed by atoms with E-state index in [4.69, 9.17) is 4.74 Å². The second-order valence-corrected chi connectivity index (χ2v) is 7.00. The summed E-state index contributed by atoms with van der Waals surface area (Å²) in [5.41, 5.74) is 4.91. The first-order valence-corrected chi connectivity index (χ1v) is 8.89. The largest absolute Gasteiger partial charge is 0.468 e. The van der Waals surface area contributed by atoms with Crippen LogP contribution < -0.4 is 4.90 Å². The van der Waals surface area contributed by atoms with Gasteiger partial charge in [0.2, 0.25) is 0 Å². The van der Waals surface area contributed by atoms with Crippen LogP contribution in [-0.2, 0) is 16.0 Å². The maximum absolute atomic E-state index is 12.8. The fourth-order valence-corrected chi connectivity index (χ4v) is 4.63. The van der Waals surface area contributed by atoms with Crippen molar-refractivity contribution >= 4 is 16.9 Å². The topological polar surface area (TPSA) is 46.5 Å². The van der Waals surface area contributed by atoms with Crippen LogP contribution in [0.2, 0.25) is 0 Å². The van der Waals surface area contributed by atoms with Gasteiger partial charge in [-0.15, -0.1) is 0 Å². The van der Waals surface area contributed by atoms with Gasteiger partial charge in [-0.25, -0.2) is 0 Å². The fourth-order valence-electron chi connectivity index (χ4n) is 4.63. The van der Waals surface area contributed by atoms with Gasteiger partial charge in [-0.1, -0.05) is 24.3 Å². The highest BCUT2D eigenvalue weighted by Crippen LogP contribution is 2.39. The molecule has 4 heterocycles. The zero-order valence-corrected chi connectivity index (χ0v) is 14.4. The molecule has 0 amide bonds. The Balaban J connectivity index is 1.94. The number of benzene rings is 1.